The van der Waals surface area contributed by atoms with Gasteiger partial charge in [-0.05, 0) is 25.0 Å². The van der Waals surface area contributed by atoms with E-state index in [-0.39, 0.29) is 0 Å². The van der Waals surface area contributed by atoms with E-state index in [0.717, 1.165) is 32.7 Å². The van der Waals surface area contributed by atoms with Gasteiger partial charge in [0.1, 0.15) is 0 Å². The number of hydrogen-bond acceptors (Lipinski definition) is 2. The normalized spacial score (nSPS) is 17.7. The Labute approximate surface area is 106 Å². The van der Waals surface area contributed by atoms with Gasteiger partial charge < -0.3 is 5.32 Å². The van der Waals surface area contributed by atoms with Crippen LogP contribution in [0.2, 0.25) is 0 Å². The minimum absolute atomic E-state index is 1.06. The van der Waals surface area contributed by atoms with Crippen molar-refractivity contribution in [1.29, 1.82) is 0 Å². The average Bonchev–Trinajstić information content (AvgIpc) is 2.27. The summed E-state index contributed by atoms with van der Waals surface area (Å²) in [4.78, 5) is 2.51. The van der Waals surface area contributed by atoms with Crippen molar-refractivity contribution in [3.8, 4) is 0 Å². The third kappa shape index (κ3) is 2.84. The monoisotopic (exact) mass is 282 g/mol. The summed E-state index contributed by atoms with van der Waals surface area (Å²) < 4.78 is 1.27. The first kappa shape index (κ1) is 12.1. The van der Waals surface area contributed by atoms with E-state index in [1.807, 2.05) is 0 Å². The maximum absolute atomic E-state index is 3.70. The fourth-order valence-corrected chi connectivity index (χ4v) is 2.62. The number of nitrogens with one attached hydrogen (secondary N) is 1. The molecule has 1 aromatic rings. The second-order valence-electron chi connectivity index (χ2n) is 4.58. The van der Waals surface area contributed by atoms with Gasteiger partial charge in [0.05, 0.1) is 0 Å². The number of aryl methyl sites for hydroxylation is 2. The summed E-state index contributed by atoms with van der Waals surface area (Å²) >= 11 is 3.70. The molecule has 0 unspecified atom stereocenters. The third-order valence-electron chi connectivity index (χ3n) is 3.08. The molecule has 0 aliphatic carbocycles. The molecular weight excluding hydrogens is 264 g/mol. The first-order chi connectivity index (χ1) is 7.66. The van der Waals surface area contributed by atoms with E-state index in [1.165, 1.54) is 21.2 Å². The van der Waals surface area contributed by atoms with Gasteiger partial charge in [-0.1, -0.05) is 33.6 Å². The van der Waals surface area contributed by atoms with E-state index in [9.17, 15) is 0 Å². The Hall–Kier alpha value is -0.380. The number of benzene rings is 1. The minimum Gasteiger partial charge on any atom is -0.314 e. The smallest absolute Gasteiger partial charge is 0.0249 e. The molecule has 16 heavy (non-hydrogen) atoms. The maximum atomic E-state index is 3.70. The van der Waals surface area contributed by atoms with E-state index in [1.54, 1.807) is 0 Å². The highest BCUT2D eigenvalue weighted by atomic mass is 79.9. The molecule has 1 N–H and O–H groups in total. The minimum atomic E-state index is 1.06. The number of nitrogens with zero attached hydrogens (tertiary/aromatic N) is 1. The second-order valence-corrected chi connectivity index (χ2v) is 5.37. The lowest BCUT2D eigenvalue weighted by Crippen LogP contribution is -2.42. The molecule has 0 bridgehead atoms. The molecule has 1 aliphatic heterocycles. The highest BCUT2D eigenvalue weighted by Crippen LogP contribution is 2.24. The van der Waals surface area contributed by atoms with Crippen LogP contribution in [0.3, 0.4) is 0 Å². The summed E-state index contributed by atoms with van der Waals surface area (Å²) in [5.74, 6) is 0. The van der Waals surface area contributed by atoms with Gasteiger partial charge in [-0.2, -0.15) is 0 Å². The Kier molecular flexibility index (Phi) is 4.00. The number of halogens is 1. The van der Waals surface area contributed by atoms with Crippen LogP contribution in [0, 0.1) is 13.8 Å². The van der Waals surface area contributed by atoms with E-state index in [0.29, 0.717) is 0 Å². The molecule has 1 aliphatic rings. The number of rotatable bonds is 2. The summed E-state index contributed by atoms with van der Waals surface area (Å²) in [6.07, 6.45) is 0. The lowest BCUT2D eigenvalue weighted by molar-refractivity contribution is 0.233. The van der Waals surface area contributed by atoms with Gasteiger partial charge in [0.25, 0.3) is 0 Å². The zero-order chi connectivity index (χ0) is 11.5. The molecule has 1 heterocycles. The van der Waals surface area contributed by atoms with Gasteiger partial charge in [0.2, 0.25) is 0 Å². The Balaban J connectivity index is 2.13. The summed E-state index contributed by atoms with van der Waals surface area (Å²) in [5, 5.41) is 3.38. The van der Waals surface area contributed by atoms with Crippen LogP contribution in [0.15, 0.2) is 16.6 Å². The van der Waals surface area contributed by atoms with Crippen molar-refractivity contribution in [2.24, 2.45) is 0 Å². The molecule has 2 nitrogen and oxygen atoms in total. The molecule has 1 fully saturated rings. The van der Waals surface area contributed by atoms with Gasteiger partial charge in [-0.3, -0.25) is 4.90 Å². The fourth-order valence-electron chi connectivity index (χ4n) is 2.26. The standard InChI is InChI=1S/C13H19BrN2/c1-10-7-11(2)13(14)12(8-10)9-16-5-3-15-4-6-16/h7-8,15H,3-6,9H2,1-2H3. The predicted molar refractivity (Wildman–Crippen MR) is 71.8 cm³/mol. The van der Waals surface area contributed by atoms with Crippen LogP contribution in [0.25, 0.3) is 0 Å². The topological polar surface area (TPSA) is 15.3 Å². The molecule has 0 aromatic heterocycles. The van der Waals surface area contributed by atoms with Gasteiger partial charge in [-0.15, -0.1) is 0 Å². The molecule has 88 valence electrons. The van der Waals surface area contributed by atoms with Crippen molar-refractivity contribution in [2.45, 2.75) is 20.4 Å². The molecule has 0 atom stereocenters. The van der Waals surface area contributed by atoms with Crippen LogP contribution in [0.4, 0.5) is 0 Å². The fraction of sp³-hybridized carbons (Fsp3) is 0.538. The van der Waals surface area contributed by atoms with Crippen LogP contribution >= 0.6 is 15.9 Å². The van der Waals surface area contributed by atoms with Crippen LogP contribution in [0.5, 0.6) is 0 Å². The largest absolute Gasteiger partial charge is 0.314 e. The number of hydrogen-bond donors (Lipinski definition) is 1. The van der Waals surface area contributed by atoms with Crippen molar-refractivity contribution in [3.63, 3.8) is 0 Å². The SMILES string of the molecule is Cc1cc(C)c(Br)c(CN2CCNCC2)c1. The molecule has 2 rings (SSSR count). The van der Waals surface area contributed by atoms with Crippen LogP contribution < -0.4 is 5.32 Å². The van der Waals surface area contributed by atoms with Gasteiger partial charge in [0, 0.05) is 37.2 Å². The highest BCUT2D eigenvalue weighted by molar-refractivity contribution is 9.10. The summed E-state index contributed by atoms with van der Waals surface area (Å²) in [7, 11) is 0. The van der Waals surface area contributed by atoms with Gasteiger partial charge in [-0.25, -0.2) is 0 Å². The van der Waals surface area contributed by atoms with Crippen LogP contribution in [0.1, 0.15) is 16.7 Å². The zero-order valence-corrected chi connectivity index (χ0v) is 11.6. The van der Waals surface area contributed by atoms with Crippen LogP contribution in [-0.2, 0) is 6.54 Å². The first-order valence-corrected chi connectivity index (χ1v) is 6.65. The lowest BCUT2D eigenvalue weighted by Gasteiger charge is -2.27. The lowest BCUT2D eigenvalue weighted by atomic mass is 10.1. The maximum Gasteiger partial charge on any atom is 0.0249 e. The zero-order valence-electron chi connectivity index (χ0n) is 10.0. The van der Waals surface area contributed by atoms with Crippen molar-refractivity contribution < 1.29 is 0 Å². The Morgan fingerprint density at radius 1 is 1.25 bits per heavy atom. The highest BCUT2D eigenvalue weighted by Gasteiger charge is 2.12. The van der Waals surface area contributed by atoms with E-state index in [2.05, 4.69) is 52.1 Å². The summed E-state index contributed by atoms with van der Waals surface area (Å²) in [5.41, 5.74) is 4.11. The quantitative estimate of drug-likeness (QED) is 0.897. The predicted octanol–water partition coefficient (Wildman–Crippen LogP) is 2.47. The van der Waals surface area contributed by atoms with Crippen molar-refractivity contribution in [3.05, 3.63) is 33.3 Å². The van der Waals surface area contributed by atoms with E-state index in [4.69, 9.17) is 0 Å². The molecule has 0 saturated carbocycles. The Bertz CT molecular complexity index is 370. The Morgan fingerprint density at radius 2 is 1.94 bits per heavy atom. The second kappa shape index (κ2) is 5.30. The van der Waals surface area contributed by atoms with Crippen molar-refractivity contribution in [2.75, 3.05) is 26.2 Å². The molecule has 0 amide bonds. The van der Waals surface area contributed by atoms with Crippen LogP contribution in [-0.4, -0.2) is 31.1 Å². The number of piperazine rings is 1. The van der Waals surface area contributed by atoms with Gasteiger partial charge in [0.15, 0.2) is 0 Å². The van der Waals surface area contributed by atoms with Crippen molar-refractivity contribution in [1.82, 2.24) is 10.2 Å². The average molecular weight is 283 g/mol. The Morgan fingerprint density at radius 3 is 2.62 bits per heavy atom. The molecule has 0 radical (unpaired) electrons. The molecule has 3 heteroatoms. The molecule has 1 aromatic carbocycles. The molecule has 1 saturated heterocycles. The first-order valence-electron chi connectivity index (χ1n) is 5.85. The molecule has 0 spiro atoms. The van der Waals surface area contributed by atoms with E-state index >= 15 is 0 Å². The molecular formula is C13H19BrN2. The van der Waals surface area contributed by atoms with E-state index < -0.39 is 0 Å². The van der Waals surface area contributed by atoms with Crippen molar-refractivity contribution >= 4 is 15.9 Å². The third-order valence-corrected chi connectivity index (χ3v) is 4.21. The summed E-state index contributed by atoms with van der Waals surface area (Å²) in [6.45, 7) is 9.92. The van der Waals surface area contributed by atoms with Gasteiger partial charge >= 0.3 is 0 Å². The summed E-state index contributed by atoms with van der Waals surface area (Å²) in [6, 6.07) is 4.52.